The molecule has 1 aliphatic rings. The van der Waals surface area contributed by atoms with E-state index in [1.54, 1.807) is 7.11 Å². The Morgan fingerprint density at radius 1 is 1.54 bits per heavy atom. The molecule has 1 saturated heterocycles. The molecule has 0 bridgehead atoms. The summed E-state index contributed by atoms with van der Waals surface area (Å²) in [5.74, 6) is 0.464. The minimum absolute atomic E-state index is 0.0798. The summed E-state index contributed by atoms with van der Waals surface area (Å²) in [5.41, 5.74) is 0. The average Bonchev–Trinajstić information content (AvgIpc) is 2.16. The van der Waals surface area contributed by atoms with Gasteiger partial charge in [-0.1, -0.05) is 6.92 Å². The maximum absolute atomic E-state index is 9.65. The average molecular weight is 187 g/mol. The number of hydrogen-bond acceptors (Lipinski definition) is 3. The molecule has 2 atom stereocenters. The molecule has 0 aliphatic carbocycles. The van der Waals surface area contributed by atoms with E-state index in [-0.39, 0.29) is 6.10 Å². The Balaban J connectivity index is 2.27. The van der Waals surface area contributed by atoms with Gasteiger partial charge in [0.15, 0.2) is 0 Å². The predicted octanol–water partition coefficient (Wildman–Crippen LogP) is 0.726. The number of hydrogen-bond donors (Lipinski definition) is 1. The van der Waals surface area contributed by atoms with E-state index in [2.05, 4.69) is 11.8 Å². The summed E-state index contributed by atoms with van der Waals surface area (Å²) in [6, 6.07) is 0. The first-order chi connectivity index (χ1) is 6.27. The number of ether oxygens (including phenoxy) is 1. The molecule has 1 fully saturated rings. The number of rotatable bonds is 4. The maximum atomic E-state index is 9.65. The lowest BCUT2D eigenvalue weighted by Crippen LogP contribution is -2.44. The summed E-state index contributed by atoms with van der Waals surface area (Å²) < 4.78 is 5.04. The van der Waals surface area contributed by atoms with Crippen LogP contribution in [0.25, 0.3) is 0 Å². The van der Waals surface area contributed by atoms with Crippen molar-refractivity contribution >= 4 is 0 Å². The first-order valence-electron chi connectivity index (χ1n) is 5.17. The fourth-order valence-corrected chi connectivity index (χ4v) is 1.92. The Hall–Kier alpha value is -0.120. The molecule has 3 heteroatoms. The van der Waals surface area contributed by atoms with Crippen LogP contribution in [-0.2, 0) is 4.74 Å². The fraction of sp³-hybridized carbons (Fsp3) is 1.00. The Bertz CT molecular complexity index is 139. The lowest BCUT2D eigenvalue weighted by atomic mass is 9.92. The van der Waals surface area contributed by atoms with E-state index >= 15 is 0 Å². The Morgan fingerprint density at radius 3 is 2.92 bits per heavy atom. The molecule has 13 heavy (non-hydrogen) atoms. The van der Waals surface area contributed by atoms with E-state index < -0.39 is 0 Å². The molecule has 0 aromatic carbocycles. The van der Waals surface area contributed by atoms with E-state index in [4.69, 9.17) is 4.74 Å². The highest BCUT2D eigenvalue weighted by Gasteiger charge is 2.25. The molecule has 0 saturated carbocycles. The van der Waals surface area contributed by atoms with Crippen molar-refractivity contribution in [1.29, 1.82) is 0 Å². The van der Waals surface area contributed by atoms with Crippen LogP contribution in [0.1, 0.15) is 19.8 Å². The number of aliphatic hydroxyl groups excluding tert-OH is 1. The molecule has 0 amide bonds. The van der Waals surface area contributed by atoms with E-state index in [0.717, 1.165) is 39.1 Å². The van der Waals surface area contributed by atoms with Gasteiger partial charge >= 0.3 is 0 Å². The number of likely N-dealkylation sites (tertiary alicyclic amines) is 1. The van der Waals surface area contributed by atoms with Crippen LogP contribution in [0, 0.1) is 5.92 Å². The summed E-state index contributed by atoms with van der Waals surface area (Å²) in [6.07, 6.45) is 1.91. The summed E-state index contributed by atoms with van der Waals surface area (Å²) in [7, 11) is 1.73. The monoisotopic (exact) mass is 187 g/mol. The van der Waals surface area contributed by atoms with Gasteiger partial charge in [0.05, 0.1) is 12.7 Å². The normalized spacial score (nSPS) is 30.7. The van der Waals surface area contributed by atoms with Crippen LogP contribution in [0.2, 0.25) is 0 Å². The maximum Gasteiger partial charge on any atom is 0.0592 e. The van der Waals surface area contributed by atoms with Gasteiger partial charge in [-0.05, 0) is 18.8 Å². The van der Waals surface area contributed by atoms with Crippen molar-refractivity contribution in [3.63, 3.8) is 0 Å². The van der Waals surface area contributed by atoms with Gasteiger partial charge in [0.2, 0.25) is 0 Å². The van der Waals surface area contributed by atoms with Crippen LogP contribution < -0.4 is 0 Å². The van der Waals surface area contributed by atoms with Crippen molar-refractivity contribution in [2.45, 2.75) is 25.9 Å². The Labute approximate surface area is 80.7 Å². The second-order valence-corrected chi connectivity index (χ2v) is 3.82. The summed E-state index contributed by atoms with van der Waals surface area (Å²) in [5, 5.41) is 9.65. The van der Waals surface area contributed by atoms with Crippen molar-refractivity contribution < 1.29 is 9.84 Å². The highest BCUT2D eigenvalue weighted by Crippen LogP contribution is 2.19. The van der Waals surface area contributed by atoms with Gasteiger partial charge < -0.3 is 14.7 Å². The second-order valence-electron chi connectivity index (χ2n) is 3.82. The largest absolute Gasteiger partial charge is 0.393 e. The van der Waals surface area contributed by atoms with Gasteiger partial charge in [0.25, 0.3) is 0 Å². The lowest BCUT2D eigenvalue weighted by Gasteiger charge is -2.35. The van der Waals surface area contributed by atoms with Crippen LogP contribution in [0.3, 0.4) is 0 Å². The van der Waals surface area contributed by atoms with E-state index in [0.29, 0.717) is 5.92 Å². The molecule has 1 aliphatic heterocycles. The van der Waals surface area contributed by atoms with Crippen molar-refractivity contribution in [1.82, 2.24) is 4.90 Å². The molecule has 0 aromatic heterocycles. The fourth-order valence-electron chi connectivity index (χ4n) is 1.92. The third-order valence-electron chi connectivity index (χ3n) is 2.91. The van der Waals surface area contributed by atoms with Crippen molar-refractivity contribution in [2.75, 3.05) is 33.4 Å². The third kappa shape index (κ3) is 3.25. The molecule has 1 rings (SSSR count). The summed E-state index contributed by atoms with van der Waals surface area (Å²) in [4.78, 5) is 2.38. The first-order valence-corrected chi connectivity index (χ1v) is 5.17. The standard InChI is InChI=1S/C10H21NO2/c1-3-9-8-11(6-7-13-2)5-4-10(9)12/h9-10,12H,3-8H2,1-2H3/t9-,10-/m0/s1. The molecule has 1 N–H and O–H groups in total. The summed E-state index contributed by atoms with van der Waals surface area (Å²) >= 11 is 0. The van der Waals surface area contributed by atoms with Gasteiger partial charge in [-0.2, -0.15) is 0 Å². The topological polar surface area (TPSA) is 32.7 Å². The molecule has 0 spiro atoms. The minimum Gasteiger partial charge on any atom is -0.393 e. The summed E-state index contributed by atoms with van der Waals surface area (Å²) in [6.45, 7) is 5.99. The van der Waals surface area contributed by atoms with Crippen LogP contribution in [0.15, 0.2) is 0 Å². The van der Waals surface area contributed by atoms with E-state index in [1.807, 2.05) is 0 Å². The zero-order valence-electron chi connectivity index (χ0n) is 8.70. The van der Waals surface area contributed by atoms with E-state index in [1.165, 1.54) is 0 Å². The van der Waals surface area contributed by atoms with Crippen LogP contribution in [0.4, 0.5) is 0 Å². The van der Waals surface area contributed by atoms with Gasteiger partial charge in [-0.15, -0.1) is 0 Å². The van der Waals surface area contributed by atoms with Gasteiger partial charge in [-0.3, -0.25) is 0 Å². The quantitative estimate of drug-likeness (QED) is 0.704. The number of methoxy groups -OCH3 is 1. The zero-order valence-corrected chi connectivity index (χ0v) is 8.70. The van der Waals surface area contributed by atoms with E-state index in [9.17, 15) is 5.11 Å². The molecule has 3 nitrogen and oxygen atoms in total. The molecule has 78 valence electrons. The molecular formula is C10H21NO2. The number of aliphatic hydroxyl groups is 1. The highest BCUT2D eigenvalue weighted by atomic mass is 16.5. The smallest absolute Gasteiger partial charge is 0.0592 e. The van der Waals surface area contributed by atoms with Gasteiger partial charge in [0, 0.05) is 26.7 Å². The molecular weight excluding hydrogens is 166 g/mol. The van der Waals surface area contributed by atoms with Crippen LogP contribution in [-0.4, -0.2) is 49.5 Å². The minimum atomic E-state index is -0.0798. The molecule has 1 heterocycles. The molecule has 0 unspecified atom stereocenters. The van der Waals surface area contributed by atoms with Crippen molar-refractivity contribution in [3.05, 3.63) is 0 Å². The number of piperidine rings is 1. The number of nitrogens with zero attached hydrogens (tertiary/aromatic N) is 1. The van der Waals surface area contributed by atoms with Crippen molar-refractivity contribution in [2.24, 2.45) is 5.92 Å². The molecule has 0 radical (unpaired) electrons. The lowest BCUT2D eigenvalue weighted by molar-refractivity contribution is 0.0165. The Morgan fingerprint density at radius 2 is 2.31 bits per heavy atom. The van der Waals surface area contributed by atoms with Gasteiger partial charge in [-0.25, -0.2) is 0 Å². The van der Waals surface area contributed by atoms with Crippen molar-refractivity contribution in [3.8, 4) is 0 Å². The predicted molar refractivity (Wildman–Crippen MR) is 52.7 cm³/mol. The first kappa shape index (κ1) is 11.0. The Kier molecular flexibility index (Phi) is 4.70. The SMILES string of the molecule is CC[C@H]1CN(CCOC)CC[C@@H]1O. The van der Waals surface area contributed by atoms with Crippen LogP contribution in [0.5, 0.6) is 0 Å². The molecule has 0 aromatic rings. The van der Waals surface area contributed by atoms with Crippen LogP contribution >= 0.6 is 0 Å². The zero-order chi connectivity index (χ0) is 9.68. The third-order valence-corrected chi connectivity index (χ3v) is 2.91. The second kappa shape index (κ2) is 5.58. The van der Waals surface area contributed by atoms with Gasteiger partial charge in [0.1, 0.15) is 0 Å². The highest BCUT2D eigenvalue weighted by molar-refractivity contribution is 4.78.